The number of aromatic nitrogens is 4. The van der Waals surface area contributed by atoms with Gasteiger partial charge in [0.1, 0.15) is 5.78 Å². The number of carbonyl (C=O) groups is 1. The number of rotatable bonds is 8. The summed E-state index contributed by atoms with van der Waals surface area (Å²) in [6.07, 6.45) is 4.25. The fraction of sp³-hybridized carbons (Fsp3) is 0.647. The van der Waals surface area contributed by atoms with Gasteiger partial charge in [0, 0.05) is 25.6 Å². The molecule has 0 saturated heterocycles. The number of Topliss-reactive ketones (excluding diaryl/α,β-unsaturated/α-hetero) is 1. The molecule has 0 aliphatic rings. The lowest BCUT2D eigenvalue weighted by atomic mass is 10.1. The van der Waals surface area contributed by atoms with Gasteiger partial charge in [-0.1, -0.05) is 27.2 Å². The van der Waals surface area contributed by atoms with Gasteiger partial charge in [-0.2, -0.15) is 0 Å². The standard InChI is InChI=1S/C17H26N4O3/c1-5-7-9-20-15-14(19(8-6-2)11-18-15)16(23)21(17(20)24)10-12(3)13(4)22/h11-12H,5-10H2,1-4H3. The van der Waals surface area contributed by atoms with E-state index >= 15 is 0 Å². The molecule has 0 amide bonds. The predicted molar refractivity (Wildman–Crippen MR) is 93.3 cm³/mol. The highest BCUT2D eigenvalue weighted by atomic mass is 16.2. The molecular formula is C17H26N4O3. The first-order chi connectivity index (χ1) is 11.4. The van der Waals surface area contributed by atoms with Crippen LogP contribution in [0, 0.1) is 5.92 Å². The van der Waals surface area contributed by atoms with Crippen molar-refractivity contribution in [1.82, 2.24) is 18.7 Å². The number of hydrogen-bond acceptors (Lipinski definition) is 4. The minimum Gasteiger partial charge on any atom is -0.325 e. The minimum absolute atomic E-state index is 0.0384. The molecule has 0 spiro atoms. The number of fused-ring (bicyclic) bond motifs is 1. The number of imidazole rings is 1. The van der Waals surface area contributed by atoms with Crippen LogP contribution in [-0.2, 0) is 24.4 Å². The minimum atomic E-state index is -0.380. The van der Waals surface area contributed by atoms with Crippen molar-refractivity contribution in [3.8, 4) is 0 Å². The molecule has 2 heterocycles. The van der Waals surface area contributed by atoms with E-state index in [2.05, 4.69) is 4.98 Å². The van der Waals surface area contributed by atoms with Crippen LogP contribution in [0.15, 0.2) is 15.9 Å². The van der Waals surface area contributed by atoms with E-state index in [0.29, 0.717) is 24.3 Å². The summed E-state index contributed by atoms with van der Waals surface area (Å²) in [7, 11) is 0. The summed E-state index contributed by atoms with van der Waals surface area (Å²) >= 11 is 0. The highest BCUT2D eigenvalue weighted by molar-refractivity contribution is 5.77. The summed E-state index contributed by atoms with van der Waals surface area (Å²) in [6, 6.07) is 0. The number of aryl methyl sites for hydroxylation is 2. The maximum atomic E-state index is 12.9. The Morgan fingerprint density at radius 1 is 1.17 bits per heavy atom. The number of carbonyl (C=O) groups excluding carboxylic acids is 1. The molecule has 2 aromatic rings. The van der Waals surface area contributed by atoms with E-state index in [0.717, 1.165) is 19.3 Å². The third-order valence-electron chi connectivity index (χ3n) is 4.33. The summed E-state index contributed by atoms with van der Waals surface area (Å²) in [4.78, 5) is 41.5. The predicted octanol–water partition coefficient (Wildman–Crippen LogP) is 1.79. The van der Waals surface area contributed by atoms with Crippen LogP contribution >= 0.6 is 0 Å². The van der Waals surface area contributed by atoms with Gasteiger partial charge >= 0.3 is 5.69 Å². The number of ketones is 1. The molecule has 0 bridgehead atoms. The van der Waals surface area contributed by atoms with Crippen LogP contribution in [0.1, 0.15) is 47.0 Å². The molecule has 0 radical (unpaired) electrons. The second kappa shape index (κ2) is 7.59. The first-order valence-electron chi connectivity index (χ1n) is 8.61. The van der Waals surface area contributed by atoms with Crippen molar-refractivity contribution in [2.24, 2.45) is 5.92 Å². The molecule has 7 heteroatoms. The third-order valence-corrected chi connectivity index (χ3v) is 4.33. The Balaban J connectivity index is 2.71. The summed E-state index contributed by atoms with van der Waals surface area (Å²) < 4.78 is 4.56. The Kier molecular flexibility index (Phi) is 5.75. The van der Waals surface area contributed by atoms with E-state index in [9.17, 15) is 14.4 Å². The van der Waals surface area contributed by atoms with Crippen molar-refractivity contribution in [2.45, 2.75) is 66.6 Å². The van der Waals surface area contributed by atoms with Gasteiger partial charge in [0.05, 0.1) is 6.33 Å². The quantitative estimate of drug-likeness (QED) is 0.737. The van der Waals surface area contributed by atoms with Crippen molar-refractivity contribution in [2.75, 3.05) is 0 Å². The van der Waals surface area contributed by atoms with Gasteiger partial charge in [0.25, 0.3) is 5.56 Å². The van der Waals surface area contributed by atoms with Crippen molar-refractivity contribution in [3.05, 3.63) is 27.2 Å². The normalized spacial score (nSPS) is 12.7. The first-order valence-corrected chi connectivity index (χ1v) is 8.61. The van der Waals surface area contributed by atoms with E-state index in [1.165, 1.54) is 11.5 Å². The van der Waals surface area contributed by atoms with Gasteiger partial charge in [0.2, 0.25) is 0 Å². The summed E-state index contributed by atoms with van der Waals surface area (Å²) in [5.41, 5.74) is 0.152. The highest BCUT2D eigenvalue weighted by Gasteiger charge is 2.20. The molecule has 2 rings (SSSR count). The van der Waals surface area contributed by atoms with E-state index in [-0.39, 0.29) is 29.5 Å². The monoisotopic (exact) mass is 334 g/mol. The van der Waals surface area contributed by atoms with E-state index in [4.69, 9.17) is 0 Å². The van der Waals surface area contributed by atoms with E-state index < -0.39 is 0 Å². The SMILES string of the molecule is CCCCn1c(=O)n(CC(C)C(C)=O)c(=O)c2c1ncn2CCC. The van der Waals surface area contributed by atoms with Gasteiger partial charge in [-0.05, 0) is 19.8 Å². The van der Waals surface area contributed by atoms with E-state index in [1.54, 1.807) is 22.4 Å². The maximum Gasteiger partial charge on any atom is 0.332 e. The fourth-order valence-electron chi connectivity index (χ4n) is 2.73. The molecule has 0 aliphatic heterocycles. The molecule has 0 aromatic carbocycles. The van der Waals surface area contributed by atoms with Gasteiger partial charge in [-0.3, -0.25) is 18.7 Å². The number of unbranched alkanes of at least 4 members (excludes halogenated alkanes) is 1. The lowest BCUT2D eigenvalue weighted by molar-refractivity contribution is -0.120. The van der Waals surface area contributed by atoms with Gasteiger partial charge in [-0.25, -0.2) is 9.78 Å². The molecule has 132 valence electrons. The van der Waals surface area contributed by atoms with Crippen molar-refractivity contribution >= 4 is 16.9 Å². The average Bonchev–Trinajstić information content (AvgIpc) is 2.95. The molecule has 1 unspecified atom stereocenters. The second-order valence-electron chi connectivity index (χ2n) is 6.33. The van der Waals surface area contributed by atoms with Gasteiger partial charge in [-0.15, -0.1) is 0 Å². The largest absolute Gasteiger partial charge is 0.332 e. The zero-order chi connectivity index (χ0) is 17.9. The Bertz CT molecular complexity index is 844. The smallest absolute Gasteiger partial charge is 0.325 e. The van der Waals surface area contributed by atoms with Crippen LogP contribution in [0.5, 0.6) is 0 Å². The highest BCUT2D eigenvalue weighted by Crippen LogP contribution is 2.09. The van der Waals surface area contributed by atoms with Crippen LogP contribution in [-0.4, -0.2) is 24.5 Å². The molecule has 0 N–H and O–H groups in total. The molecule has 24 heavy (non-hydrogen) atoms. The van der Waals surface area contributed by atoms with Crippen LogP contribution in [0.3, 0.4) is 0 Å². The van der Waals surface area contributed by atoms with Crippen LogP contribution < -0.4 is 11.2 Å². The second-order valence-corrected chi connectivity index (χ2v) is 6.33. The average molecular weight is 334 g/mol. The molecule has 1 atom stereocenters. The van der Waals surface area contributed by atoms with Gasteiger partial charge in [0.15, 0.2) is 11.2 Å². The molecular weight excluding hydrogens is 308 g/mol. The Hall–Kier alpha value is -2.18. The maximum absolute atomic E-state index is 12.9. The van der Waals surface area contributed by atoms with Crippen LogP contribution in [0.25, 0.3) is 11.2 Å². The molecule has 2 aromatic heterocycles. The summed E-state index contributed by atoms with van der Waals surface area (Å²) in [5, 5.41) is 0. The number of hydrogen-bond donors (Lipinski definition) is 0. The summed E-state index contributed by atoms with van der Waals surface area (Å²) in [6.45, 7) is 8.57. The van der Waals surface area contributed by atoms with Gasteiger partial charge < -0.3 is 4.57 Å². The van der Waals surface area contributed by atoms with Crippen molar-refractivity contribution in [3.63, 3.8) is 0 Å². The Labute approximate surface area is 140 Å². The fourth-order valence-corrected chi connectivity index (χ4v) is 2.73. The van der Waals surface area contributed by atoms with Crippen molar-refractivity contribution < 1.29 is 4.79 Å². The molecule has 7 nitrogen and oxygen atoms in total. The van der Waals surface area contributed by atoms with Crippen LogP contribution in [0.4, 0.5) is 0 Å². The third kappa shape index (κ3) is 3.34. The molecule has 0 fully saturated rings. The van der Waals surface area contributed by atoms with Crippen molar-refractivity contribution in [1.29, 1.82) is 0 Å². The zero-order valence-corrected chi connectivity index (χ0v) is 14.9. The lowest BCUT2D eigenvalue weighted by Gasteiger charge is -2.14. The Morgan fingerprint density at radius 3 is 2.46 bits per heavy atom. The topological polar surface area (TPSA) is 78.9 Å². The van der Waals surface area contributed by atoms with E-state index in [1.807, 2.05) is 13.8 Å². The molecule has 0 saturated carbocycles. The molecule has 0 aliphatic carbocycles. The lowest BCUT2D eigenvalue weighted by Crippen LogP contribution is -2.42. The first kappa shape index (κ1) is 18.2. The summed E-state index contributed by atoms with van der Waals surface area (Å²) in [5.74, 6) is -0.418. The zero-order valence-electron chi connectivity index (χ0n) is 14.9. The number of nitrogens with zero attached hydrogens (tertiary/aromatic N) is 4. The van der Waals surface area contributed by atoms with Crippen LogP contribution in [0.2, 0.25) is 0 Å². The Morgan fingerprint density at radius 2 is 1.88 bits per heavy atom.